The lowest BCUT2D eigenvalue weighted by molar-refractivity contribution is 0.341. The predicted molar refractivity (Wildman–Crippen MR) is 78.2 cm³/mol. The van der Waals surface area contributed by atoms with Gasteiger partial charge in [0.05, 0.1) is 6.04 Å². The lowest BCUT2D eigenvalue weighted by atomic mass is 9.94. The van der Waals surface area contributed by atoms with Gasteiger partial charge in [-0.3, -0.25) is 4.90 Å². The van der Waals surface area contributed by atoms with Gasteiger partial charge in [-0.1, -0.05) is 54.1 Å². The first-order chi connectivity index (χ1) is 8.61. The van der Waals surface area contributed by atoms with Crippen molar-refractivity contribution in [3.8, 4) is 0 Å². The van der Waals surface area contributed by atoms with Gasteiger partial charge in [0, 0.05) is 5.02 Å². The molecular weight excluding hydrogens is 242 g/mol. The summed E-state index contributed by atoms with van der Waals surface area (Å²) in [6.45, 7) is 2.14. The summed E-state index contributed by atoms with van der Waals surface area (Å²) in [5.41, 5.74) is 3.74. The third kappa shape index (κ3) is 2.58. The minimum Gasteiger partial charge on any atom is -0.298 e. The van der Waals surface area contributed by atoms with Crippen LogP contribution in [0.25, 0.3) is 0 Å². The van der Waals surface area contributed by atoms with Crippen LogP contribution in [0, 0.1) is 6.92 Å². The number of hydrogen-bond donors (Lipinski definition) is 0. The summed E-state index contributed by atoms with van der Waals surface area (Å²) in [6.07, 6.45) is 0. The summed E-state index contributed by atoms with van der Waals surface area (Å²) >= 11 is 6.34. The van der Waals surface area contributed by atoms with E-state index in [1.165, 1.54) is 11.1 Å². The zero-order valence-corrected chi connectivity index (χ0v) is 11.8. The van der Waals surface area contributed by atoms with Crippen LogP contribution in [0.3, 0.4) is 0 Å². The van der Waals surface area contributed by atoms with E-state index in [9.17, 15) is 0 Å². The summed E-state index contributed by atoms with van der Waals surface area (Å²) in [7, 11) is 4.17. The minimum absolute atomic E-state index is 0.194. The largest absolute Gasteiger partial charge is 0.298 e. The highest BCUT2D eigenvalue weighted by Crippen LogP contribution is 2.33. The molecule has 2 aromatic rings. The van der Waals surface area contributed by atoms with Crippen molar-refractivity contribution in [2.75, 3.05) is 14.1 Å². The van der Waals surface area contributed by atoms with Gasteiger partial charge >= 0.3 is 0 Å². The van der Waals surface area contributed by atoms with E-state index < -0.39 is 0 Å². The van der Waals surface area contributed by atoms with E-state index in [0.717, 1.165) is 10.6 Å². The van der Waals surface area contributed by atoms with Gasteiger partial charge in [0.2, 0.25) is 0 Å². The van der Waals surface area contributed by atoms with Gasteiger partial charge in [-0.2, -0.15) is 0 Å². The molecule has 0 saturated heterocycles. The fourth-order valence-electron chi connectivity index (χ4n) is 2.31. The van der Waals surface area contributed by atoms with Gasteiger partial charge in [0.15, 0.2) is 0 Å². The van der Waals surface area contributed by atoms with Crippen LogP contribution in [0.15, 0.2) is 48.5 Å². The molecule has 0 fully saturated rings. The number of benzene rings is 2. The second-order valence-corrected chi connectivity index (χ2v) is 5.15. The third-order valence-corrected chi connectivity index (χ3v) is 3.54. The zero-order chi connectivity index (χ0) is 13.1. The van der Waals surface area contributed by atoms with Crippen LogP contribution in [0.4, 0.5) is 0 Å². The Balaban J connectivity index is 2.55. The molecule has 18 heavy (non-hydrogen) atoms. The second kappa shape index (κ2) is 5.55. The Morgan fingerprint density at radius 1 is 0.889 bits per heavy atom. The highest BCUT2D eigenvalue weighted by atomic mass is 35.5. The first-order valence-electron chi connectivity index (χ1n) is 6.07. The molecule has 0 aliphatic rings. The summed E-state index contributed by atoms with van der Waals surface area (Å²) < 4.78 is 0. The van der Waals surface area contributed by atoms with Crippen molar-refractivity contribution in [2.45, 2.75) is 13.0 Å². The predicted octanol–water partition coefficient (Wildman–Crippen LogP) is 4.30. The Morgan fingerprint density at radius 2 is 1.44 bits per heavy atom. The van der Waals surface area contributed by atoms with Crippen molar-refractivity contribution in [1.82, 2.24) is 4.90 Å². The number of rotatable bonds is 3. The van der Waals surface area contributed by atoms with Gasteiger partial charge in [0.25, 0.3) is 0 Å². The van der Waals surface area contributed by atoms with E-state index in [1.54, 1.807) is 0 Å². The van der Waals surface area contributed by atoms with Crippen LogP contribution < -0.4 is 0 Å². The van der Waals surface area contributed by atoms with Crippen molar-refractivity contribution in [3.05, 3.63) is 70.2 Å². The average molecular weight is 260 g/mol. The van der Waals surface area contributed by atoms with E-state index in [1.807, 2.05) is 18.2 Å². The standard InChI is InChI=1S/C16H18ClN/c1-12-8-4-5-9-13(12)16(18(2)3)14-10-6-7-11-15(14)17/h4-11,16H,1-3H3/t16-/m1/s1. The Hall–Kier alpha value is -1.31. The quantitative estimate of drug-likeness (QED) is 0.794. The highest BCUT2D eigenvalue weighted by molar-refractivity contribution is 6.31. The molecule has 0 spiro atoms. The fraction of sp³-hybridized carbons (Fsp3) is 0.250. The van der Waals surface area contributed by atoms with Crippen LogP contribution in [-0.2, 0) is 0 Å². The van der Waals surface area contributed by atoms with Crippen LogP contribution in [0.5, 0.6) is 0 Å². The molecule has 0 bridgehead atoms. The first-order valence-corrected chi connectivity index (χ1v) is 6.45. The lowest BCUT2D eigenvalue weighted by Crippen LogP contribution is -2.22. The maximum atomic E-state index is 6.34. The van der Waals surface area contributed by atoms with Gasteiger partial charge < -0.3 is 0 Å². The molecule has 2 aromatic carbocycles. The summed E-state index contributed by atoms with van der Waals surface area (Å²) in [5.74, 6) is 0. The molecule has 2 rings (SSSR count). The molecule has 0 amide bonds. The molecule has 2 heteroatoms. The normalized spacial score (nSPS) is 12.7. The molecule has 0 radical (unpaired) electrons. The van der Waals surface area contributed by atoms with Crippen LogP contribution in [0.2, 0.25) is 5.02 Å². The smallest absolute Gasteiger partial charge is 0.0614 e. The zero-order valence-electron chi connectivity index (χ0n) is 11.0. The molecule has 0 aliphatic carbocycles. The number of nitrogens with zero attached hydrogens (tertiary/aromatic N) is 1. The molecule has 94 valence electrons. The van der Waals surface area contributed by atoms with Crippen molar-refractivity contribution < 1.29 is 0 Å². The molecular formula is C16H18ClN. The van der Waals surface area contributed by atoms with Gasteiger partial charge in [0.1, 0.15) is 0 Å². The Morgan fingerprint density at radius 3 is 2.00 bits per heavy atom. The van der Waals surface area contributed by atoms with Crippen LogP contribution >= 0.6 is 11.6 Å². The van der Waals surface area contributed by atoms with Crippen LogP contribution in [-0.4, -0.2) is 19.0 Å². The van der Waals surface area contributed by atoms with Crippen molar-refractivity contribution in [1.29, 1.82) is 0 Å². The highest BCUT2D eigenvalue weighted by Gasteiger charge is 2.20. The van der Waals surface area contributed by atoms with Crippen LogP contribution in [0.1, 0.15) is 22.7 Å². The lowest BCUT2D eigenvalue weighted by Gasteiger charge is -2.27. The first kappa shape index (κ1) is 13.1. The van der Waals surface area contributed by atoms with E-state index in [4.69, 9.17) is 11.6 Å². The molecule has 1 atom stereocenters. The number of aryl methyl sites for hydroxylation is 1. The fourth-order valence-corrected chi connectivity index (χ4v) is 2.55. The monoisotopic (exact) mass is 259 g/mol. The minimum atomic E-state index is 0.194. The van der Waals surface area contributed by atoms with E-state index >= 15 is 0 Å². The molecule has 0 aliphatic heterocycles. The summed E-state index contributed by atoms with van der Waals surface area (Å²) in [6, 6.07) is 16.7. The van der Waals surface area contributed by atoms with E-state index in [-0.39, 0.29) is 6.04 Å². The second-order valence-electron chi connectivity index (χ2n) is 4.74. The number of hydrogen-bond acceptors (Lipinski definition) is 1. The Labute approximate surface area is 114 Å². The van der Waals surface area contributed by atoms with Gasteiger partial charge in [-0.15, -0.1) is 0 Å². The van der Waals surface area contributed by atoms with Crippen molar-refractivity contribution in [3.63, 3.8) is 0 Å². The Bertz CT molecular complexity index is 489. The van der Waals surface area contributed by atoms with Crippen molar-refractivity contribution >= 4 is 11.6 Å². The SMILES string of the molecule is Cc1ccccc1[C@H](c1ccccc1Cl)N(C)C. The average Bonchev–Trinajstić information content (AvgIpc) is 2.34. The van der Waals surface area contributed by atoms with Crippen molar-refractivity contribution in [2.24, 2.45) is 0 Å². The summed E-state index contributed by atoms with van der Waals surface area (Å²) in [4.78, 5) is 2.20. The number of halogens is 1. The van der Waals surface area contributed by atoms with Gasteiger partial charge in [-0.25, -0.2) is 0 Å². The third-order valence-electron chi connectivity index (χ3n) is 3.20. The molecule has 1 nitrogen and oxygen atoms in total. The Kier molecular flexibility index (Phi) is 4.05. The summed E-state index contributed by atoms with van der Waals surface area (Å²) in [5, 5.41) is 0.819. The van der Waals surface area contributed by atoms with E-state index in [0.29, 0.717) is 0 Å². The molecule has 0 unspecified atom stereocenters. The molecule has 0 N–H and O–H groups in total. The maximum absolute atomic E-state index is 6.34. The molecule has 0 aromatic heterocycles. The maximum Gasteiger partial charge on any atom is 0.0614 e. The molecule has 0 saturated carbocycles. The van der Waals surface area contributed by atoms with E-state index in [2.05, 4.69) is 56.3 Å². The topological polar surface area (TPSA) is 3.24 Å². The molecule has 0 heterocycles. The van der Waals surface area contributed by atoms with Gasteiger partial charge in [-0.05, 0) is 43.8 Å².